The number of nitrogens with zero attached hydrogens (tertiary/aromatic N) is 4. The fraction of sp³-hybridized carbons (Fsp3) is 0.500. The van der Waals surface area contributed by atoms with E-state index in [0.29, 0.717) is 11.2 Å². The first-order chi connectivity index (χ1) is 11.9. The number of nitrogen functional groups attached to an aromatic ring is 1. The molecule has 0 radical (unpaired) electrons. The van der Waals surface area contributed by atoms with E-state index in [1.54, 1.807) is 0 Å². The van der Waals surface area contributed by atoms with Crippen molar-refractivity contribution in [3.8, 4) is 0 Å². The van der Waals surface area contributed by atoms with Gasteiger partial charge in [-0.15, -0.1) is 0 Å². The lowest BCUT2D eigenvalue weighted by atomic mass is 10.1. The van der Waals surface area contributed by atoms with Crippen molar-refractivity contribution >= 4 is 28.9 Å². The molecule has 1 fully saturated rings. The summed E-state index contributed by atoms with van der Waals surface area (Å²) < 4.78 is 17.3. The van der Waals surface area contributed by atoms with E-state index in [0.717, 1.165) is 0 Å². The summed E-state index contributed by atoms with van der Waals surface area (Å²) >= 11 is 0. The van der Waals surface area contributed by atoms with Crippen molar-refractivity contribution in [1.29, 1.82) is 0 Å². The lowest BCUT2D eigenvalue weighted by Gasteiger charge is -2.19. The SMILES string of the molecule is CC(=O)OC[C@H]1O[C@@H](n2cnc3c(N)ncnc32)[C@@H](O)[C@@H]1OC(C)=O. The molecule has 1 aliphatic heterocycles. The molecular formula is C14H17N5O6. The van der Waals surface area contributed by atoms with Crippen LogP contribution in [0.3, 0.4) is 0 Å². The number of imidazole rings is 1. The molecule has 4 atom stereocenters. The van der Waals surface area contributed by atoms with Crippen LogP contribution in [0.5, 0.6) is 0 Å². The van der Waals surface area contributed by atoms with Crippen LogP contribution in [0, 0.1) is 0 Å². The third kappa shape index (κ3) is 3.23. The number of fused-ring (bicyclic) bond motifs is 1. The number of hydrogen-bond acceptors (Lipinski definition) is 10. The number of aliphatic hydroxyl groups is 1. The van der Waals surface area contributed by atoms with Gasteiger partial charge in [-0.2, -0.15) is 0 Å². The zero-order valence-electron chi connectivity index (χ0n) is 13.5. The number of anilines is 1. The summed E-state index contributed by atoms with van der Waals surface area (Å²) in [5.41, 5.74) is 6.45. The summed E-state index contributed by atoms with van der Waals surface area (Å²) in [4.78, 5) is 34.4. The van der Waals surface area contributed by atoms with Crippen molar-refractivity contribution < 1.29 is 28.9 Å². The van der Waals surface area contributed by atoms with Crippen LogP contribution in [0.4, 0.5) is 5.82 Å². The van der Waals surface area contributed by atoms with Gasteiger partial charge in [0, 0.05) is 13.8 Å². The van der Waals surface area contributed by atoms with E-state index in [1.807, 2.05) is 0 Å². The third-order valence-corrected chi connectivity index (χ3v) is 3.72. The van der Waals surface area contributed by atoms with Gasteiger partial charge in [0.1, 0.15) is 30.7 Å². The Balaban J connectivity index is 1.91. The molecule has 0 bridgehead atoms. The number of nitrogens with two attached hydrogens (primary N) is 1. The van der Waals surface area contributed by atoms with Crippen LogP contribution < -0.4 is 5.73 Å². The first-order valence-corrected chi connectivity index (χ1v) is 7.45. The minimum absolute atomic E-state index is 0.176. The summed E-state index contributed by atoms with van der Waals surface area (Å²) in [5, 5.41) is 10.6. The van der Waals surface area contributed by atoms with Crippen molar-refractivity contribution in [3.05, 3.63) is 12.7 Å². The lowest BCUT2D eigenvalue weighted by Crippen LogP contribution is -2.38. The van der Waals surface area contributed by atoms with Crippen molar-refractivity contribution in [2.75, 3.05) is 12.3 Å². The van der Waals surface area contributed by atoms with Crippen LogP contribution >= 0.6 is 0 Å². The molecule has 0 saturated carbocycles. The number of carbonyl (C=O) groups is 2. The standard InChI is InChI=1S/C14H17N5O6/c1-6(20)23-3-8-11(24-7(2)21)10(22)14(25-8)19-5-18-9-12(15)16-4-17-13(9)19/h4-5,8,10-11,14,22H,3H2,1-2H3,(H2,15,16,17)/t8-,10+,11-,14-/m1/s1. The van der Waals surface area contributed by atoms with Gasteiger partial charge in [0.2, 0.25) is 0 Å². The number of ether oxygens (including phenoxy) is 3. The molecule has 0 aromatic carbocycles. The Labute approximate surface area is 141 Å². The zero-order chi connectivity index (χ0) is 18.1. The average Bonchev–Trinajstić information content (AvgIpc) is 3.09. The van der Waals surface area contributed by atoms with E-state index in [2.05, 4.69) is 15.0 Å². The smallest absolute Gasteiger partial charge is 0.303 e. The van der Waals surface area contributed by atoms with Gasteiger partial charge < -0.3 is 25.1 Å². The van der Waals surface area contributed by atoms with E-state index in [4.69, 9.17) is 19.9 Å². The zero-order valence-corrected chi connectivity index (χ0v) is 13.5. The van der Waals surface area contributed by atoms with Gasteiger partial charge in [-0.25, -0.2) is 15.0 Å². The van der Waals surface area contributed by atoms with Crippen molar-refractivity contribution in [2.45, 2.75) is 38.4 Å². The predicted octanol–water partition coefficient (Wildman–Crippen LogP) is -0.838. The highest BCUT2D eigenvalue weighted by Gasteiger charge is 2.48. The Morgan fingerprint density at radius 1 is 1.32 bits per heavy atom. The summed E-state index contributed by atoms with van der Waals surface area (Å²) in [7, 11) is 0. The summed E-state index contributed by atoms with van der Waals surface area (Å²) in [6.45, 7) is 2.28. The molecule has 3 heterocycles. The van der Waals surface area contributed by atoms with Gasteiger partial charge in [-0.3, -0.25) is 14.2 Å². The molecule has 25 heavy (non-hydrogen) atoms. The second kappa shape index (κ2) is 6.61. The van der Waals surface area contributed by atoms with E-state index in [-0.39, 0.29) is 12.4 Å². The second-order valence-electron chi connectivity index (χ2n) is 5.52. The van der Waals surface area contributed by atoms with Crippen molar-refractivity contribution in [2.24, 2.45) is 0 Å². The third-order valence-electron chi connectivity index (χ3n) is 3.72. The quantitative estimate of drug-likeness (QED) is 0.667. The summed E-state index contributed by atoms with van der Waals surface area (Å²) in [6.07, 6.45) is -1.38. The Hall–Kier alpha value is -2.79. The highest BCUT2D eigenvalue weighted by Crippen LogP contribution is 2.33. The summed E-state index contributed by atoms with van der Waals surface area (Å²) in [6, 6.07) is 0. The minimum Gasteiger partial charge on any atom is -0.463 e. The van der Waals surface area contributed by atoms with Crippen LogP contribution in [0.15, 0.2) is 12.7 Å². The van der Waals surface area contributed by atoms with Gasteiger partial charge in [-0.1, -0.05) is 0 Å². The van der Waals surface area contributed by atoms with Crippen LogP contribution in [0.2, 0.25) is 0 Å². The Morgan fingerprint density at radius 3 is 2.76 bits per heavy atom. The van der Waals surface area contributed by atoms with Crippen molar-refractivity contribution in [3.63, 3.8) is 0 Å². The normalized spacial score (nSPS) is 25.9. The molecular weight excluding hydrogens is 334 g/mol. The number of hydrogen-bond donors (Lipinski definition) is 2. The number of rotatable bonds is 4. The predicted molar refractivity (Wildman–Crippen MR) is 81.8 cm³/mol. The fourth-order valence-electron chi connectivity index (χ4n) is 2.68. The highest BCUT2D eigenvalue weighted by atomic mass is 16.6. The molecule has 0 aliphatic carbocycles. The molecule has 0 spiro atoms. The molecule has 3 N–H and O–H groups in total. The van der Waals surface area contributed by atoms with Crippen LogP contribution in [-0.2, 0) is 23.8 Å². The molecule has 11 nitrogen and oxygen atoms in total. The number of carbonyl (C=O) groups excluding carboxylic acids is 2. The maximum atomic E-state index is 11.3. The van der Waals surface area contributed by atoms with E-state index in [1.165, 1.54) is 31.1 Å². The minimum atomic E-state index is -1.22. The summed E-state index contributed by atoms with van der Waals surface area (Å²) in [5.74, 6) is -0.927. The van der Waals surface area contributed by atoms with Crippen LogP contribution in [-0.4, -0.2) is 61.5 Å². The highest BCUT2D eigenvalue weighted by molar-refractivity contribution is 5.81. The van der Waals surface area contributed by atoms with Gasteiger partial charge in [0.25, 0.3) is 0 Å². The molecule has 2 aromatic heterocycles. The fourth-order valence-corrected chi connectivity index (χ4v) is 2.68. The molecule has 1 saturated heterocycles. The number of aliphatic hydroxyl groups excluding tert-OH is 1. The Kier molecular flexibility index (Phi) is 4.51. The molecule has 1 aliphatic rings. The Bertz CT molecular complexity index is 808. The topological polar surface area (TPSA) is 152 Å². The number of aromatic nitrogens is 4. The van der Waals surface area contributed by atoms with Gasteiger partial charge >= 0.3 is 11.9 Å². The molecule has 2 aromatic rings. The van der Waals surface area contributed by atoms with Gasteiger partial charge in [0.15, 0.2) is 23.8 Å². The van der Waals surface area contributed by atoms with E-state index >= 15 is 0 Å². The van der Waals surface area contributed by atoms with Gasteiger partial charge in [0.05, 0.1) is 6.33 Å². The van der Waals surface area contributed by atoms with Gasteiger partial charge in [-0.05, 0) is 0 Å². The van der Waals surface area contributed by atoms with Crippen LogP contribution in [0.1, 0.15) is 20.1 Å². The monoisotopic (exact) mass is 351 g/mol. The second-order valence-corrected chi connectivity index (χ2v) is 5.52. The Morgan fingerprint density at radius 2 is 2.08 bits per heavy atom. The first kappa shape index (κ1) is 17.0. The average molecular weight is 351 g/mol. The first-order valence-electron chi connectivity index (χ1n) is 7.45. The molecule has 134 valence electrons. The van der Waals surface area contributed by atoms with E-state index in [9.17, 15) is 14.7 Å². The largest absolute Gasteiger partial charge is 0.463 e. The van der Waals surface area contributed by atoms with E-state index < -0.39 is 36.5 Å². The van der Waals surface area contributed by atoms with Crippen molar-refractivity contribution in [1.82, 2.24) is 19.5 Å². The maximum Gasteiger partial charge on any atom is 0.303 e. The lowest BCUT2D eigenvalue weighted by molar-refractivity contribution is -0.157. The maximum absolute atomic E-state index is 11.3. The molecule has 11 heteroatoms. The van der Waals surface area contributed by atoms with Crippen LogP contribution in [0.25, 0.3) is 11.2 Å². The molecule has 0 amide bonds. The molecule has 3 rings (SSSR count). The number of esters is 2. The molecule has 0 unspecified atom stereocenters.